The van der Waals surface area contributed by atoms with Crippen LogP contribution < -0.4 is 10.6 Å². The molecule has 0 radical (unpaired) electrons. The number of guanidine groups is 1. The van der Waals surface area contributed by atoms with Gasteiger partial charge in [0.25, 0.3) is 0 Å². The molecule has 0 spiro atoms. The van der Waals surface area contributed by atoms with Crippen molar-refractivity contribution in [3.05, 3.63) is 52.3 Å². The Kier molecular flexibility index (Phi) is 9.89. The largest absolute Gasteiger partial charge is 0.356 e. The molecule has 0 saturated heterocycles. The first kappa shape index (κ1) is 21.8. The first-order valence-electron chi connectivity index (χ1n) is 8.29. The molecule has 7 heteroatoms. The number of aliphatic imine (C=N–C) groups is 1. The van der Waals surface area contributed by atoms with Crippen LogP contribution in [0.2, 0.25) is 5.02 Å². The maximum absolute atomic E-state index is 6.17. The molecular weight excluding hydrogens is 449 g/mol. The Bertz CT molecular complexity index is 684. The van der Waals surface area contributed by atoms with Crippen molar-refractivity contribution < 1.29 is 0 Å². The van der Waals surface area contributed by atoms with E-state index >= 15 is 0 Å². The Labute approximate surface area is 172 Å². The van der Waals surface area contributed by atoms with Crippen LogP contribution in [0.4, 0.5) is 0 Å². The fourth-order valence-corrected chi connectivity index (χ4v) is 2.80. The first-order chi connectivity index (χ1) is 11.6. The zero-order valence-electron chi connectivity index (χ0n) is 15.1. The van der Waals surface area contributed by atoms with E-state index < -0.39 is 0 Å². The lowest BCUT2D eigenvalue weighted by molar-refractivity contribution is 0.555. The van der Waals surface area contributed by atoms with Gasteiger partial charge in [0.2, 0.25) is 0 Å². The molecule has 0 bridgehead atoms. The van der Waals surface area contributed by atoms with Crippen LogP contribution in [0.1, 0.15) is 23.4 Å². The van der Waals surface area contributed by atoms with Crippen molar-refractivity contribution in [3.63, 3.8) is 0 Å². The van der Waals surface area contributed by atoms with Crippen molar-refractivity contribution in [2.24, 2.45) is 4.99 Å². The van der Waals surface area contributed by atoms with Crippen molar-refractivity contribution >= 4 is 41.5 Å². The number of hydrogen-bond donors (Lipinski definition) is 2. The van der Waals surface area contributed by atoms with Crippen LogP contribution in [-0.2, 0) is 13.0 Å². The lowest BCUT2D eigenvalue weighted by atomic mass is 10.1. The van der Waals surface area contributed by atoms with E-state index in [-0.39, 0.29) is 24.0 Å². The minimum absolute atomic E-state index is 0. The van der Waals surface area contributed by atoms with Gasteiger partial charge in [0.15, 0.2) is 5.96 Å². The smallest absolute Gasteiger partial charge is 0.190 e. The molecule has 5 nitrogen and oxygen atoms in total. The topological polar surface area (TPSA) is 54.2 Å². The summed E-state index contributed by atoms with van der Waals surface area (Å²) in [7, 11) is 1.78. The quantitative estimate of drug-likeness (QED) is 0.279. The predicted octanol–water partition coefficient (Wildman–Crippen LogP) is 3.57. The van der Waals surface area contributed by atoms with E-state index in [0.29, 0.717) is 0 Å². The molecule has 2 rings (SSSR count). The number of nitrogens with one attached hydrogen (secondary N) is 2. The molecule has 2 N–H and O–H groups in total. The number of aryl methyl sites for hydroxylation is 3. The lowest BCUT2D eigenvalue weighted by Gasteiger charge is -2.12. The van der Waals surface area contributed by atoms with E-state index in [1.165, 1.54) is 5.69 Å². The summed E-state index contributed by atoms with van der Waals surface area (Å²) in [6.07, 6.45) is 1.86. The summed E-state index contributed by atoms with van der Waals surface area (Å²) in [5.74, 6) is 0.815. The Morgan fingerprint density at radius 3 is 2.56 bits per heavy atom. The highest BCUT2D eigenvalue weighted by molar-refractivity contribution is 14.0. The molecule has 0 aliphatic heterocycles. The second-order valence-corrected chi connectivity index (χ2v) is 6.18. The fraction of sp³-hybridized carbons (Fsp3) is 0.444. The molecule has 138 valence electrons. The summed E-state index contributed by atoms with van der Waals surface area (Å²) in [6.45, 7) is 6.66. The highest BCUT2D eigenvalue weighted by Crippen LogP contribution is 2.14. The van der Waals surface area contributed by atoms with Gasteiger partial charge in [0, 0.05) is 37.4 Å². The Morgan fingerprint density at radius 1 is 1.20 bits per heavy atom. The van der Waals surface area contributed by atoms with E-state index in [4.69, 9.17) is 11.6 Å². The van der Waals surface area contributed by atoms with Gasteiger partial charge in [-0.05, 0) is 44.4 Å². The van der Waals surface area contributed by atoms with Crippen LogP contribution in [0.5, 0.6) is 0 Å². The zero-order valence-corrected chi connectivity index (χ0v) is 18.1. The molecule has 0 saturated carbocycles. The molecule has 0 aliphatic carbocycles. The molecule has 0 amide bonds. The molecule has 1 aromatic heterocycles. The second-order valence-electron chi connectivity index (χ2n) is 5.77. The number of rotatable bonds is 7. The highest BCUT2D eigenvalue weighted by atomic mass is 127. The third kappa shape index (κ3) is 7.23. The zero-order chi connectivity index (χ0) is 17.4. The van der Waals surface area contributed by atoms with E-state index in [1.807, 2.05) is 29.8 Å². The maximum Gasteiger partial charge on any atom is 0.190 e. The molecule has 25 heavy (non-hydrogen) atoms. The monoisotopic (exact) mass is 475 g/mol. The molecule has 0 aliphatic rings. The molecule has 0 unspecified atom stereocenters. The number of hydrogen-bond acceptors (Lipinski definition) is 2. The molecule has 1 aromatic carbocycles. The van der Waals surface area contributed by atoms with Crippen molar-refractivity contribution in [2.75, 3.05) is 20.1 Å². The molecule has 1 heterocycles. The number of halogens is 2. The van der Waals surface area contributed by atoms with Gasteiger partial charge in [-0.3, -0.25) is 9.67 Å². The van der Waals surface area contributed by atoms with Gasteiger partial charge < -0.3 is 10.6 Å². The Morgan fingerprint density at radius 2 is 1.92 bits per heavy atom. The number of benzene rings is 1. The normalized spacial score (nSPS) is 11.1. The number of aromatic nitrogens is 2. The summed E-state index contributed by atoms with van der Waals surface area (Å²) in [6, 6.07) is 10.0. The summed E-state index contributed by atoms with van der Waals surface area (Å²) >= 11 is 6.17. The summed E-state index contributed by atoms with van der Waals surface area (Å²) in [5, 5.41) is 11.9. The fourth-order valence-electron chi connectivity index (χ4n) is 2.57. The standard InChI is InChI=1S/C18H26ClN5.HI/c1-14-13-15(2)24(23-14)12-6-10-21-18(20-3)22-11-9-16-7-4-5-8-17(16)19;/h4-5,7-8,13H,6,9-12H2,1-3H3,(H2,20,21,22);1H. The third-order valence-electron chi connectivity index (χ3n) is 3.81. The lowest BCUT2D eigenvalue weighted by Crippen LogP contribution is -2.39. The van der Waals surface area contributed by atoms with E-state index in [2.05, 4.69) is 39.8 Å². The van der Waals surface area contributed by atoms with Gasteiger partial charge in [0.1, 0.15) is 0 Å². The van der Waals surface area contributed by atoms with Crippen LogP contribution in [0, 0.1) is 13.8 Å². The Hall–Kier alpha value is -1.28. The van der Waals surface area contributed by atoms with Crippen molar-refractivity contribution in [1.82, 2.24) is 20.4 Å². The third-order valence-corrected chi connectivity index (χ3v) is 4.18. The molecule has 0 fully saturated rings. The van der Waals surface area contributed by atoms with Gasteiger partial charge in [-0.15, -0.1) is 24.0 Å². The van der Waals surface area contributed by atoms with Gasteiger partial charge in [-0.1, -0.05) is 29.8 Å². The van der Waals surface area contributed by atoms with Crippen LogP contribution >= 0.6 is 35.6 Å². The first-order valence-corrected chi connectivity index (χ1v) is 8.67. The van der Waals surface area contributed by atoms with Gasteiger partial charge >= 0.3 is 0 Å². The van der Waals surface area contributed by atoms with Crippen molar-refractivity contribution in [3.8, 4) is 0 Å². The summed E-state index contributed by atoms with van der Waals surface area (Å²) in [4.78, 5) is 4.25. The average molecular weight is 476 g/mol. The van der Waals surface area contributed by atoms with E-state index in [0.717, 1.165) is 54.7 Å². The van der Waals surface area contributed by atoms with Crippen LogP contribution in [-0.4, -0.2) is 35.9 Å². The maximum atomic E-state index is 6.17. The van der Waals surface area contributed by atoms with Crippen LogP contribution in [0.3, 0.4) is 0 Å². The molecule has 2 aromatic rings. The van der Waals surface area contributed by atoms with Crippen LogP contribution in [0.15, 0.2) is 35.3 Å². The van der Waals surface area contributed by atoms with Crippen molar-refractivity contribution in [2.45, 2.75) is 33.2 Å². The SMILES string of the molecule is CN=C(NCCCn1nc(C)cc1C)NCCc1ccccc1Cl.I. The second kappa shape index (κ2) is 11.4. The molecule has 0 atom stereocenters. The average Bonchev–Trinajstić information content (AvgIpc) is 2.89. The van der Waals surface area contributed by atoms with Crippen LogP contribution in [0.25, 0.3) is 0 Å². The summed E-state index contributed by atoms with van der Waals surface area (Å²) < 4.78 is 2.05. The minimum atomic E-state index is 0. The van der Waals surface area contributed by atoms with Gasteiger partial charge in [-0.2, -0.15) is 5.10 Å². The van der Waals surface area contributed by atoms with Crippen molar-refractivity contribution in [1.29, 1.82) is 0 Å². The minimum Gasteiger partial charge on any atom is -0.356 e. The van der Waals surface area contributed by atoms with Gasteiger partial charge in [-0.25, -0.2) is 0 Å². The van der Waals surface area contributed by atoms with Gasteiger partial charge in [0.05, 0.1) is 5.69 Å². The number of nitrogens with zero attached hydrogens (tertiary/aromatic N) is 3. The predicted molar refractivity (Wildman–Crippen MR) is 116 cm³/mol. The highest BCUT2D eigenvalue weighted by Gasteiger charge is 2.02. The summed E-state index contributed by atoms with van der Waals surface area (Å²) in [5.41, 5.74) is 3.42. The Balaban J connectivity index is 0.00000312. The van der Waals surface area contributed by atoms with E-state index in [1.54, 1.807) is 7.05 Å². The molecular formula is C18H27ClIN5. The van der Waals surface area contributed by atoms with E-state index in [9.17, 15) is 0 Å².